The van der Waals surface area contributed by atoms with Crippen molar-refractivity contribution in [2.24, 2.45) is 0 Å². The molecule has 6 rings (SSSR count). The van der Waals surface area contributed by atoms with E-state index in [9.17, 15) is 10.1 Å². The number of carbonyl (C=O) groups is 1. The minimum Gasteiger partial charge on any atom is -0.379 e. The number of nitriles is 1. The lowest BCUT2D eigenvalue weighted by Crippen LogP contribution is -2.49. The van der Waals surface area contributed by atoms with E-state index in [1.165, 1.54) is 11.3 Å². The molecule has 2 aromatic carbocycles. The predicted molar refractivity (Wildman–Crippen MR) is 153 cm³/mol. The highest BCUT2D eigenvalue weighted by Gasteiger charge is 2.40. The molecule has 1 N–H and O–H groups in total. The molecule has 0 radical (unpaired) electrons. The molecular weight excluding hydrogens is 472 g/mol. The second kappa shape index (κ2) is 10.6. The van der Waals surface area contributed by atoms with Crippen molar-refractivity contribution in [1.29, 1.82) is 5.26 Å². The number of ether oxygens (including phenoxy) is 1. The van der Waals surface area contributed by atoms with Crippen LogP contribution in [-0.2, 0) is 16.6 Å². The van der Waals surface area contributed by atoms with Crippen molar-refractivity contribution < 1.29 is 9.53 Å². The molecule has 0 unspecified atom stereocenters. The Balaban J connectivity index is 0.00000144. The predicted octanol–water partition coefficient (Wildman–Crippen LogP) is 5.80. The quantitative estimate of drug-likeness (QED) is 0.480. The number of nitrogens with zero attached hydrogens (tertiary/aromatic N) is 3. The third-order valence-electron chi connectivity index (χ3n) is 8.66. The number of aromatic nitrogens is 1. The maximum Gasteiger partial charge on any atom is 0.195 e. The number of hydrogen-bond acceptors (Lipinski definition) is 5. The Hall–Kier alpha value is -3.14. The zero-order chi connectivity index (χ0) is 27.0. The van der Waals surface area contributed by atoms with Gasteiger partial charge in [-0.1, -0.05) is 40.7 Å². The van der Waals surface area contributed by atoms with Gasteiger partial charge in [0.1, 0.15) is 0 Å². The Morgan fingerprint density at radius 3 is 2.45 bits per heavy atom. The smallest absolute Gasteiger partial charge is 0.195 e. The fraction of sp³-hybridized carbons (Fsp3) is 0.500. The fourth-order valence-corrected chi connectivity index (χ4v) is 6.57. The van der Waals surface area contributed by atoms with Crippen LogP contribution in [0.2, 0.25) is 0 Å². The van der Waals surface area contributed by atoms with E-state index in [4.69, 9.17) is 4.74 Å². The number of rotatable bonds is 3. The molecule has 0 saturated carbocycles. The molecule has 38 heavy (non-hydrogen) atoms. The minimum absolute atomic E-state index is 0.0857. The number of fused-ring (bicyclic) bond motifs is 4. The van der Waals surface area contributed by atoms with E-state index in [-0.39, 0.29) is 11.2 Å². The molecule has 0 bridgehead atoms. The molecule has 0 amide bonds. The van der Waals surface area contributed by atoms with Crippen molar-refractivity contribution in [3.05, 3.63) is 63.8 Å². The first-order chi connectivity index (χ1) is 18.4. The van der Waals surface area contributed by atoms with Gasteiger partial charge in [-0.25, -0.2) is 0 Å². The number of H-pyrrole nitrogens is 1. The van der Waals surface area contributed by atoms with Crippen LogP contribution in [-0.4, -0.2) is 61.1 Å². The van der Waals surface area contributed by atoms with Crippen molar-refractivity contribution in [2.45, 2.75) is 65.3 Å². The van der Waals surface area contributed by atoms with Crippen LogP contribution >= 0.6 is 0 Å². The summed E-state index contributed by atoms with van der Waals surface area (Å²) in [6.07, 6.45) is 3.22. The Morgan fingerprint density at radius 1 is 1.08 bits per heavy atom. The molecule has 3 heterocycles. The van der Waals surface area contributed by atoms with Crippen LogP contribution in [0.15, 0.2) is 30.3 Å². The summed E-state index contributed by atoms with van der Waals surface area (Å²) in [5.41, 5.74) is 7.25. The molecule has 2 saturated heterocycles. The van der Waals surface area contributed by atoms with Crippen LogP contribution in [0.4, 0.5) is 5.69 Å². The number of carbonyl (C=O) groups excluding carboxylic acids is 1. The van der Waals surface area contributed by atoms with Gasteiger partial charge in [-0.05, 0) is 54.7 Å². The largest absolute Gasteiger partial charge is 0.379 e. The first-order valence-corrected chi connectivity index (χ1v) is 14.3. The number of benzene rings is 2. The molecule has 6 heteroatoms. The van der Waals surface area contributed by atoms with E-state index in [0.29, 0.717) is 11.6 Å². The van der Waals surface area contributed by atoms with E-state index in [0.717, 1.165) is 91.9 Å². The van der Waals surface area contributed by atoms with E-state index < -0.39 is 0 Å². The second-order valence-corrected chi connectivity index (χ2v) is 10.9. The SMILES string of the molecule is CC.CCc1cc2c(cc1N1CCC(N3CCOCC3)CC1)C(C)(C)c1[nH]c3cc(C#N)ccc3c1C2=O. The number of aromatic amines is 1. The second-order valence-electron chi connectivity index (χ2n) is 10.9. The third kappa shape index (κ3) is 4.32. The number of nitrogens with one attached hydrogen (secondary N) is 1. The van der Waals surface area contributed by atoms with E-state index in [2.05, 4.69) is 53.8 Å². The molecule has 3 aromatic rings. The number of ketones is 1. The van der Waals surface area contributed by atoms with Gasteiger partial charge < -0.3 is 14.6 Å². The summed E-state index contributed by atoms with van der Waals surface area (Å²) in [6.45, 7) is 16.5. The average Bonchev–Trinajstić information content (AvgIpc) is 3.37. The van der Waals surface area contributed by atoms with Crippen LogP contribution in [0.25, 0.3) is 10.9 Å². The topological polar surface area (TPSA) is 72.4 Å². The maximum atomic E-state index is 13.9. The van der Waals surface area contributed by atoms with Crippen molar-refractivity contribution in [1.82, 2.24) is 9.88 Å². The molecule has 0 atom stereocenters. The van der Waals surface area contributed by atoms with Gasteiger partial charge in [-0.2, -0.15) is 5.26 Å². The van der Waals surface area contributed by atoms with Crippen LogP contribution in [0.3, 0.4) is 0 Å². The summed E-state index contributed by atoms with van der Waals surface area (Å²) in [5.74, 6) is 0.0857. The highest BCUT2D eigenvalue weighted by atomic mass is 16.5. The van der Waals surface area contributed by atoms with Gasteiger partial charge in [0, 0.05) is 65.5 Å². The summed E-state index contributed by atoms with van der Waals surface area (Å²) in [4.78, 5) is 22.5. The molecule has 3 aliphatic rings. The van der Waals surface area contributed by atoms with Gasteiger partial charge in [-0.15, -0.1) is 0 Å². The summed E-state index contributed by atoms with van der Waals surface area (Å²) >= 11 is 0. The summed E-state index contributed by atoms with van der Waals surface area (Å²) < 4.78 is 5.55. The number of anilines is 1. The van der Waals surface area contributed by atoms with Crippen LogP contribution < -0.4 is 4.90 Å². The highest BCUT2D eigenvalue weighted by Crippen LogP contribution is 2.46. The fourth-order valence-electron chi connectivity index (χ4n) is 6.57. The minimum atomic E-state index is -0.350. The number of piperidine rings is 1. The van der Waals surface area contributed by atoms with Gasteiger partial charge in [0.05, 0.1) is 30.4 Å². The van der Waals surface area contributed by atoms with E-state index in [1.54, 1.807) is 6.07 Å². The molecular formula is C32H40N4O2. The molecule has 0 spiro atoms. The standard InChI is InChI=1S/C30H34N4O2.C2H6/c1-4-20-16-23-24(17-26(20)34-9-7-21(8-10-34)33-11-13-36-14-12-33)30(2,3)29-27(28(23)35)22-6-5-19(18-31)15-25(22)32-29;1-2/h5-6,15-17,21,32H,4,7-14H2,1-3H3;1-2H3. The lowest BCUT2D eigenvalue weighted by molar-refractivity contribution is 0.0115. The van der Waals surface area contributed by atoms with Crippen molar-refractivity contribution in [2.75, 3.05) is 44.3 Å². The van der Waals surface area contributed by atoms with Gasteiger partial charge in [0.15, 0.2) is 5.78 Å². The molecule has 6 nitrogen and oxygen atoms in total. The zero-order valence-corrected chi connectivity index (χ0v) is 23.5. The Kier molecular flexibility index (Phi) is 7.35. The van der Waals surface area contributed by atoms with Gasteiger partial charge in [0.25, 0.3) is 0 Å². The van der Waals surface area contributed by atoms with Crippen molar-refractivity contribution >= 4 is 22.4 Å². The zero-order valence-electron chi connectivity index (χ0n) is 23.5. The monoisotopic (exact) mass is 512 g/mol. The Labute approximate surface area is 226 Å². The van der Waals surface area contributed by atoms with Gasteiger partial charge in [0.2, 0.25) is 0 Å². The van der Waals surface area contributed by atoms with Crippen molar-refractivity contribution in [3.8, 4) is 6.07 Å². The molecule has 1 aliphatic carbocycles. The Bertz CT molecular complexity index is 1380. The highest BCUT2D eigenvalue weighted by molar-refractivity contribution is 6.20. The average molecular weight is 513 g/mol. The molecule has 2 fully saturated rings. The number of aryl methyl sites for hydroxylation is 1. The lowest BCUT2D eigenvalue weighted by atomic mass is 9.70. The molecule has 2 aliphatic heterocycles. The summed E-state index contributed by atoms with van der Waals surface area (Å²) in [7, 11) is 0. The van der Waals surface area contributed by atoms with E-state index >= 15 is 0 Å². The summed E-state index contributed by atoms with van der Waals surface area (Å²) in [6, 6.07) is 12.9. The normalized spacial score (nSPS) is 19.4. The molecule has 200 valence electrons. The number of morpholine rings is 1. The number of hydrogen-bond donors (Lipinski definition) is 1. The van der Waals surface area contributed by atoms with Crippen LogP contribution in [0, 0.1) is 11.3 Å². The third-order valence-corrected chi connectivity index (χ3v) is 8.66. The van der Waals surface area contributed by atoms with Crippen LogP contribution in [0.1, 0.15) is 85.8 Å². The lowest BCUT2D eigenvalue weighted by Gasteiger charge is -2.42. The maximum absolute atomic E-state index is 13.9. The summed E-state index contributed by atoms with van der Waals surface area (Å²) in [5, 5.41) is 10.3. The van der Waals surface area contributed by atoms with Crippen molar-refractivity contribution in [3.63, 3.8) is 0 Å². The Morgan fingerprint density at radius 2 is 1.79 bits per heavy atom. The molecule has 1 aromatic heterocycles. The first-order valence-electron chi connectivity index (χ1n) is 14.3. The van der Waals surface area contributed by atoms with Crippen LogP contribution in [0.5, 0.6) is 0 Å². The van der Waals surface area contributed by atoms with Gasteiger partial charge >= 0.3 is 0 Å². The van der Waals surface area contributed by atoms with E-state index in [1.807, 2.05) is 26.0 Å². The first kappa shape index (κ1) is 26.5. The van der Waals surface area contributed by atoms with Gasteiger partial charge in [-0.3, -0.25) is 9.69 Å².